The molecule has 0 amide bonds. The highest BCUT2D eigenvalue weighted by molar-refractivity contribution is 9.10. The van der Waals surface area contributed by atoms with Crippen molar-refractivity contribution in [1.29, 1.82) is 0 Å². The summed E-state index contributed by atoms with van der Waals surface area (Å²) in [6.45, 7) is 2.23. The van der Waals surface area contributed by atoms with Crippen LogP contribution in [-0.2, 0) is 0 Å². The molecule has 76 valence electrons. The van der Waals surface area contributed by atoms with Crippen molar-refractivity contribution in [2.24, 2.45) is 0 Å². The van der Waals surface area contributed by atoms with Crippen LogP contribution in [-0.4, -0.2) is 0 Å². The molecule has 0 saturated carbocycles. The predicted octanol–water partition coefficient (Wildman–Crippen LogP) is 5.04. The minimum absolute atomic E-state index is 1.15. The molecule has 0 atom stereocenters. The quantitative estimate of drug-likeness (QED) is 0.644. The van der Waals surface area contributed by atoms with Gasteiger partial charge < -0.3 is 0 Å². The summed E-state index contributed by atoms with van der Waals surface area (Å²) in [6, 6.07) is 8.38. The number of allylic oxidation sites excluding steroid dienone is 1. The highest BCUT2D eigenvalue weighted by Crippen LogP contribution is 2.13. The zero-order valence-corrected chi connectivity index (χ0v) is 10.3. The highest BCUT2D eigenvalue weighted by Gasteiger charge is 1.88. The van der Waals surface area contributed by atoms with Gasteiger partial charge in [0.15, 0.2) is 0 Å². The highest BCUT2D eigenvalue weighted by atomic mass is 79.9. The Hall–Kier alpha value is -0.560. The Kier molecular flexibility index (Phi) is 5.62. The first kappa shape index (κ1) is 11.5. The minimum atomic E-state index is 1.15. The summed E-state index contributed by atoms with van der Waals surface area (Å²) in [5.74, 6) is 0. The van der Waals surface area contributed by atoms with Crippen LogP contribution in [0.5, 0.6) is 0 Å². The van der Waals surface area contributed by atoms with Crippen LogP contribution in [0.15, 0.2) is 34.8 Å². The lowest BCUT2D eigenvalue weighted by atomic mass is 10.1. The van der Waals surface area contributed by atoms with E-state index in [0.717, 1.165) is 4.47 Å². The summed E-state index contributed by atoms with van der Waals surface area (Å²) in [7, 11) is 0. The van der Waals surface area contributed by atoms with Crippen molar-refractivity contribution in [3.05, 3.63) is 40.4 Å². The Morgan fingerprint density at radius 3 is 2.86 bits per heavy atom. The number of hydrogen-bond acceptors (Lipinski definition) is 0. The minimum Gasteiger partial charge on any atom is -0.0839 e. The summed E-state index contributed by atoms with van der Waals surface area (Å²) in [5.41, 5.74) is 1.27. The van der Waals surface area contributed by atoms with E-state index >= 15 is 0 Å². The Bertz CT molecular complexity index is 289. The Morgan fingerprint density at radius 2 is 2.14 bits per heavy atom. The lowest BCUT2D eigenvalue weighted by Gasteiger charge is -1.95. The second-order valence-corrected chi connectivity index (χ2v) is 4.37. The van der Waals surface area contributed by atoms with Gasteiger partial charge in [-0.15, -0.1) is 0 Å². The van der Waals surface area contributed by atoms with Crippen molar-refractivity contribution >= 4 is 22.0 Å². The molecular weight excluding hydrogens is 236 g/mol. The fourth-order valence-electron chi connectivity index (χ4n) is 1.34. The van der Waals surface area contributed by atoms with Gasteiger partial charge in [-0.1, -0.05) is 60.0 Å². The van der Waals surface area contributed by atoms with Crippen LogP contribution >= 0.6 is 15.9 Å². The van der Waals surface area contributed by atoms with Gasteiger partial charge in [0.25, 0.3) is 0 Å². The molecule has 1 heteroatoms. The summed E-state index contributed by atoms with van der Waals surface area (Å²) >= 11 is 3.46. The Labute approximate surface area is 95.2 Å². The molecule has 1 aromatic rings. The summed E-state index contributed by atoms with van der Waals surface area (Å²) in [6.07, 6.45) is 9.59. The van der Waals surface area contributed by atoms with Crippen LogP contribution in [0, 0.1) is 0 Å². The van der Waals surface area contributed by atoms with Crippen molar-refractivity contribution < 1.29 is 0 Å². The lowest BCUT2D eigenvalue weighted by molar-refractivity contribution is 0.730. The molecule has 1 rings (SSSR count). The number of unbranched alkanes of at least 4 members (excludes halogenated alkanes) is 3. The van der Waals surface area contributed by atoms with Crippen LogP contribution < -0.4 is 0 Å². The molecule has 0 aliphatic heterocycles. The maximum Gasteiger partial charge on any atom is 0.0181 e. The van der Waals surface area contributed by atoms with Gasteiger partial charge in [0.1, 0.15) is 0 Å². The van der Waals surface area contributed by atoms with E-state index in [1.165, 1.54) is 31.2 Å². The predicted molar refractivity (Wildman–Crippen MR) is 67.3 cm³/mol. The fourth-order valence-corrected chi connectivity index (χ4v) is 1.76. The van der Waals surface area contributed by atoms with Crippen molar-refractivity contribution in [1.82, 2.24) is 0 Å². The fraction of sp³-hybridized carbons (Fsp3) is 0.385. The number of benzene rings is 1. The van der Waals surface area contributed by atoms with Gasteiger partial charge >= 0.3 is 0 Å². The van der Waals surface area contributed by atoms with Gasteiger partial charge in [0.2, 0.25) is 0 Å². The van der Waals surface area contributed by atoms with Crippen LogP contribution in [0.25, 0.3) is 6.08 Å². The molecule has 0 spiro atoms. The lowest BCUT2D eigenvalue weighted by Crippen LogP contribution is -1.73. The molecule has 14 heavy (non-hydrogen) atoms. The van der Waals surface area contributed by atoms with Crippen molar-refractivity contribution in [2.45, 2.75) is 32.6 Å². The third-order valence-electron chi connectivity index (χ3n) is 2.13. The molecule has 0 aliphatic rings. The van der Waals surface area contributed by atoms with Gasteiger partial charge in [-0.25, -0.2) is 0 Å². The molecule has 0 aromatic heterocycles. The second-order valence-electron chi connectivity index (χ2n) is 3.45. The third-order valence-corrected chi connectivity index (χ3v) is 2.63. The van der Waals surface area contributed by atoms with Crippen molar-refractivity contribution in [3.8, 4) is 0 Å². The van der Waals surface area contributed by atoms with Crippen molar-refractivity contribution in [2.75, 3.05) is 0 Å². The smallest absolute Gasteiger partial charge is 0.0181 e. The summed E-state index contributed by atoms with van der Waals surface area (Å²) in [4.78, 5) is 0. The molecule has 0 aliphatic carbocycles. The number of hydrogen-bond donors (Lipinski definition) is 0. The standard InChI is InChI=1S/C13H17Br/c1-2-3-4-5-6-8-12-9-7-10-13(14)11-12/h6-11H,2-5H2,1H3. The molecule has 0 nitrogen and oxygen atoms in total. The van der Waals surface area contributed by atoms with E-state index < -0.39 is 0 Å². The van der Waals surface area contributed by atoms with E-state index in [2.05, 4.69) is 59.3 Å². The average molecular weight is 253 g/mol. The van der Waals surface area contributed by atoms with Crippen LogP contribution in [0.2, 0.25) is 0 Å². The Balaban J connectivity index is 2.36. The first-order valence-corrected chi connectivity index (χ1v) is 6.04. The molecule has 0 bridgehead atoms. The number of rotatable bonds is 5. The van der Waals surface area contributed by atoms with E-state index in [9.17, 15) is 0 Å². The van der Waals surface area contributed by atoms with Gasteiger partial charge in [0.05, 0.1) is 0 Å². The third kappa shape index (κ3) is 4.61. The van der Waals surface area contributed by atoms with Crippen LogP contribution in [0.4, 0.5) is 0 Å². The Morgan fingerprint density at radius 1 is 1.29 bits per heavy atom. The molecule has 1 aromatic carbocycles. The normalized spacial score (nSPS) is 11.0. The average Bonchev–Trinajstić information content (AvgIpc) is 2.18. The molecule has 0 unspecified atom stereocenters. The van der Waals surface area contributed by atoms with E-state index in [-0.39, 0.29) is 0 Å². The van der Waals surface area contributed by atoms with Crippen molar-refractivity contribution in [3.63, 3.8) is 0 Å². The maximum absolute atomic E-state index is 3.46. The first-order valence-electron chi connectivity index (χ1n) is 5.25. The van der Waals surface area contributed by atoms with E-state index in [0.29, 0.717) is 0 Å². The van der Waals surface area contributed by atoms with Gasteiger partial charge in [-0.3, -0.25) is 0 Å². The van der Waals surface area contributed by atoms with Crippen LogP contribution in [0.3, 0.4) is 0 Å². The molecule has 0 radical (unpaired) electrons. The van der Waals surface area contributed by atoms with Gasteiger partial charge in [-0.2, -0.15) is 0 Å². The van der Waals surface area contributed by atoms with E-state index in [1.54, 1.807) is 0 Å². The van der Waals surface area contributed by atoms with Crippen LogP contribution in [0.1, 0.15) is 38.2 Å². The zero-order chi connectivity index (χ0) is 10.2. The van der Waals surface area contributed by atoms with Gasteiger partial charge in [0, 0.05) is 4.47 Å². The summed E-state index contributed by atoms with van der Waals surface area (Å²) < 4.78 is 1.15. The largest absolute Gasteiger partial charge is 0.0839 e. The monoisotopic (exact) mass is 252 g/mol. The second kappa shape index (κ2) is 6.83. The maximum atomic E-state index is 3.46. The number of halogens is 1. The molecule has 0 fully saturated rings. The zero-order valence-electron chi connectivity index (χ0n) is 8.67. The SMILES string of the molecule is CCCCCC=Cc1cccc(Br)c1. The topological polar surface area (TPSA) is 0 Å². The van der Waals surface area contributed by atoms with E-state index in [1.807, 2.05) is 0 Å². The molecule has 0 saturated heterocycles. The first-order chi connectivity index (χ1) is 6.83. The molecule has 0 heterocycles. The molecule has 0 N–H and O–H groups in total. The van der Waals surface area contributed by atoms with E-state index in [4.69, 9.17) is 0 Å². The van der Waals surface area contributed by atoms with Gasteiger partial charge in [-0.05, 0) is 30.5 Å². The molecular formula is C13H17Br. The summed E-state index contributed by atoms with van der Waals surface area (Å²) in [5, 5.41) is 0.